The molecule has 2 aliphatic heterocycles. The minimum atomic E-state index is -0.743. The molecule has 0 aliphatic carbocycles. The van der Waals surface area contributed by atoms with Gasteiger partial charge in [-0.25, -0.2) is 10.3 Å². The molecule has 0 saturated carbocycles. The topological polar surface area (TPSA) is 96.4 Å². The molecule has 1 saturated heterocycles. The Hall–Kier alpha value is -2.94. The van der Waals surface area contributed by atoms with Gasteiger partial charge in [0, 0.05) is 44.9 Å². The van der Waals surface area contributed by atoms with E-state index >= 15 is 0 Å². The lowest BCUT2D eigenvalue weighted by atomic mass is 9.80. The average Bonchev–Trinajstić information content (AvgIpc) is 3.02. The molecule has 8 heteroatoms. The number of carbonyl (C=O) groups is 2. The number of hydrogen-bond acceptors (Lipinski definition) is 5. The van der Waals surface area contributed by atoms with Crippen molar-refractivity contribution in [1.29, 1.82) is 0 Å². The van der Waals surface area contributed by atoms with E-state index in [9.17, 15) is 14.7 Å². The van der Waals surface area contributed by atoms with Gasteiger partial charge in [0.15, 0.2) is 0 Å². The van der Waals surface area contributed by atoms with Crippen LogP contribution >= 0.6 is 0 Å². The second-order valence-electron chi connectivity index (χ2n) is 8.42. The third-order valence-corrected chi connectivity index (χ3v) is 6.50. The number of urea groups is 1. The van der Waals surface area contributed by atoms with Gasteiger partial charge in [0.25, 0.3) is 5.91 Å². The molecule has 3 amide bonds. The van der Waals surface area contributed by atoms with Gasteiger partial charge in [0.2, 0.25) is 0 Å². The minimum absolute atomic E-state index is 0.00554. The van der Waals surface area contributed by atoms with Gasteiger partial charge in [-0.3, -0.25) is 14.9 Å². The number of aliphatic hydroxyl groups excluding tert-OH is 1. The first-order valence-corrected chi connectivity index (χ1v) is 10.4. The zero-order valence-electron chi connectivity index (χ0n) is 17.8. The molecule has 1 spiro atoms. The standard InChI is InChI=1S/C23H28N4O4/c1-25(2)22(30)26-13-11-23(12-14-26)19-6-4-3-5-18(19)21(29)27(23)15-16-7-9-17(10-8-16)20(28)24-31/h3-10,21,29,31H,11-15H2,1-2H3,(H,24,28). The number of nitrogens with zero attached hydrogens (tertiary/aromatic N) is 3. The molecule has 31 heavy (non-hydrogen) atoms. The number of nitrogens with one attached hydrogen (secondary N) is 1. The Balaban J connectivity index is 1.62. The van der Waals surface area contributed by atoms with Crippen LogP contribution in [0, 0.1) is 0 Å². The summed E-state index contributed by atoms with van der Waals surface area (Å²) in [5.74, 6) is -0.561. The highest BCUT2D eigenvalue weighted by atomic mass is 16.5. The molecule has 4 rings (SSSR count). The van der Waals surface area contributed by atoms with E-state index in [0.29, 0.717) is 25.2 Å². The summed E-state index contributed by atoms with van der Waals surface area (Å²) in [5, 5.41) is 20.0. The van der Waals surface area contributed by atoms with E-state index in [-0.39, 0.29) is 11.6 Å². The maximum absolute atomic E-state index is 12.4. The summed E-state index contributed by atoms with van der Waals surface area (Å²) < 4.78 is 0. The number of carbonyl (C=O) groups excluding carboxylic acids is 2. The summed E-state index contributed by atoms with van der Waals surface area (Å²) in [6, 6.07) is 15.0. The van der Waals surface area contributed by atoms with E-state index in [0.717, 1.165) is 29.5 Å². The van der Waals surface area contributed by atoms with Gasteiger partial charge in [0.1, 0.15) is 6.23 Å². The van der Waals surface area contributed by atoms with Gasteiger partial charge in [-0.2, -0.15) is 0 Å². The van der Waals surface area contributed by atoms with Gasteiger partial charge in [-0.1, -0.05) is 36.4 Å². The number of likely N-dealkylation sites (tertiary alicyclic amines) is 1. The summed E-state index contributed by atoms with van der Waals surface area (Å²) >= 11 is 0. The van der Waals surface area contributed by atoms with Gasteiger partial charge < -0.3 is 14.9 Å². The predicted octanol–water partition coefficient (Wildman–Crippen LogP) is 2.29. The summed E-state index contributed by atoms with van der Waals surface area (Å²) in [5.41, 5.74) is 4.62. The second-order valence-corrected chi connectivity index (χ2v) is 8.42. The fourth-order valence-electron chi connectivity index (χ4n) is 4.87. The number of benzene rings is 2. The van der Waals surface area contributed by atoms with Gasteiger partial charge in [0.05, 0.1) is 5.54 Å². The summed E-state index contributed by atoms with van der Waals surface area (Å²) in [7, 11) is 3.52. The molecule has 164 valence electrons. The largest absolute Gasteiger partial charge is 0.374 e. The lowest BCUT2D eigenvalue weighted by Gasteiger charge is -2.46. The molecule has 2 aliphatic rings. The Labute approximate surface area is 181 Å². The van der Waals surface area contributed by atoms with Crippen LogP contribution in [-0.4, -0.2) is 64.1 Å². The Bertz CT molecular complexity index is 968. The lowest BCUT2D eigenvalue weighted by molar-refractivity contribution is -0.0790. The number of rotatable bonds is 3. The Morgan fingerprint density at radius 1 is 1.10 bits per heavy atom. The van der Waals surface area contributed by atoms with Crippen LogP contribution in [-0.2, 0) is 12.1 Å². The highest BCUT2D eigenvalue weighted by Crippen LogP contribution is 2.51. The van der Waals surface area contributed by atoms with Crippen molar-refractivity contribution in [3.8, 4) is 0 Å². The van der Waals surface area contributed by atoms with Crippen molar-refractivity contribution in [1.82, 2.24) is 20.2 Å². The molecular weight excluding hydrogens is 396 g/mol. The highest BCUT2D eigenvalue weighted by molar-refractivity contribution is 5.93. The van der Waals surface area contributed by atoms with E-state index in [2.05, 4.69) is 11.0 Å². The molecule has 2 aromatic carbocycles. The number of aliphatic hydroxyl groups is 1. The van der Waals surface area contributed by atoms with Crippen LogP contribution in [0.1, 0.15) is 46.1 Å². The van der Waals surface area contributed by atoms with Crippen LogP contribution in [0.2, 0.25) is 0 Å². The third-order valence-electron chi connectivity index (χ3n) is 6.50. The molecule has 3 N–H and O–H groups in total. The monoisotopic (exact) mass is 424 g/mol. The summed E-state index contributed by atoms with van der Waals surface area (Å²) in [6.07, 6.45) is 0.713. The van der Waals surface area contributed by atoms with Crippen molar-refractivity contribution in [3.63, 3.8) is 0 Å². The van der Waals surface area contributed by atoms with Crippen molar-refractivity contribution < 1.29 is 19.9 Å². The lowest BCUT2D eigenvalue weighted by Crippen LogP contribution is -2.53. The zero-order chi connectivity index (χ0) is 22.2. The van der Waals surface area contributed by atoms with Gasteiger partial charge in [-0.15, -0.1) is 0 Å². The molecule has 2 aromatic rings. The Morgan fingerprint density at radius 2 is 1.74 bits per heavy atom. The van der Waals surface area contributed by atoms with Crippen molar-refractivity contribution in [2.75, 3.05) is 27.2 Å². The van der Waals surface area contributed by atoms with Crippen LogP contribution in [0.25, 0.3) is 0 Å². The van der Waals surface area contributed by atoms with Crippen LogP contribution in [0.5, 0.6) is 0 Å². The van der Waals surface area contributed by atoms with Gasteiger partial charge in [-0.05, 0) is 36.1 Å². The molecule has 8 nitrogen and oxygen atoms in total. The van der Waals surface area contributed by atoms with E-state index < -0.39 is 12.1 Å². The quantitative estimate of drug-likeness (QED) is 0.519. The first-order valence-electron chi connectivity index (χ1n) is 10.4. The van der Waals surface area contributed by atoms with Crippen molar-refractivity contribution in [2.45, 2.75) is 31.2 Å². The third kappa shape index (κ3) is 3.67. The summed E-state index contributed by atoms with van der Waals surface area (Å²) in [4.78, 5) is 29.6. The predicted molar refractivity (Wildman–Crippen MR) is 114 cm³/mol. The maximum Gasteiger partial charge on any atom is 0.319 e. The maximum atomic E-state index is 12.4. The van der Waals surface area contributed by atoms with E-state index in [1.165, 1.54) is 0 Å². The van der Waals surface area contributed by atoms with Gasteiger partial charge >= 0.3 is 6.03 Å². The normalized spacial score (nSPS) is 19.9. The van der Waals surface area contributed by atoms with Crippen molar-refractivity contribution in [3.05, 3.63) is 70.8 Å². The Morgan fingerprint density at radius 3 is 2.35 bits per heavy atom. The second kappa shape index (κ2) is 8.30. The first-order chi connectivity index (χ1) is 14.9. The Kier molecular flexibility index (Phi) is 5.70. The molecule has 0 aromatic heterocycles. The van der Waals surface area contributed by atoms with E-state index in [4.69, 9.17) is 5.21 Å². The van der Waals surface area contributed by atoms with Crippen LogP contribution in [0.3, 0.4) is 0 Å². The summed E-state index contributed by atoms with van der Waals surface area (Å²) in [6.45, 7) is 1.73. The average molecular weight is 425 g/mol. The zero-order valence-corrected chi connectivity index (χ0v) is 17.8. The van der Waals surface area contributed by atoms with Crippen LogP contribution < -0.4 is 5.48 Å². The smallest absolute Gasteiger partial charge is 0.319 e. The molecule has 0 radical (unpaired) electrons. The minimum Gasteiger partial charge on any atom is -0.374 e. The molecule has 1 unspecified atom stereocenters. The van der Waals surface area contributed by atoms with Crippen molar-refractivity contribution >= 4 is 11.9 Å². The number of fused-ring (bicyclic) bond motifs is 2. The number of hydrogen-bond donors (Lipinski definition) is 3. The number of amides is 3. The number of piperidine rings is 1. The molecule has 1 atom stereocenters. The number of hydroxylamine groups is 1. The van der Waals surface area contributed by atoms with E-state index in [1.807, 2.05) is 35.2 Å². The van der Waals surface area contributed by atoms with Crippen molar-refractivity contribution in [2.24, 2.45) is 0 Å². The first kappa shape index (κ1) is 21.3. The molecule has 0 bridgehead atoms. The van der Waals surface area contributed by atoms with Crippen LogP contribution in [0.15, 0.2) is 48.5 Å². The fraction of sp³-hybridized carbons (Fsp3) is 0.391. The fourth-order valence-corrected chi connectivity index (χ4v) is 4.87. The highest BCUT2D eigenvalue weighted by Gasteiger charge is 2.51. The molecule has 2 heterocycles. The molecule has 1 fully saturated rings. The van der Waals surface area contributed by atoms with E-state index in [1.54, 1.807) is 36.6 Å². The molecular formula is C23H28N4O4. The van der Waals surface area contributed by atoms with Crippen LogP contribution in [0.4, 0.5) is 4.79 Å². The SMILES string of the molecule is CN(C)C(=O)N1CCC2(CC1)c1ccccc1C(O)N2Cc1ccc(C(=O)NO)cc1.